The summed E-state index contributed by atoms with van der Waals surface area (Å²) in [5.41, 5.74) is 4.61. The molecule has 1 unspecified atom stereocenters. The second-order valence-corrected chi connectivity index (χ2v) is 7.71. The minimum absolute atomic E-state index is 0.00452. The minimum atomic E-state index is -0.348. The Morgan fingerprint density at radius 1 is 1.21 bits per heavy atom. The van der Waals surface area contributed by atoms with E-state index < -0.39 is 0 Å². The Morgan fingerprint density at radius 3 is 2.71 bits per heavy atom. The van der Waals surface area contributed by atoms with E-state index in [4.69, 9.17) is 4.74 Å². The Kier molecular flexibility index (Phi) is 4.85. The summed E-state index contributed by atoms with van der Waals surface area (Å²) in [5.74, 6) is 0.713. The molecule has 2 aliphatic heterocycles. The van der Waals surface area contributed by atoms with E-state index in [0.29, 0.717) is 13.1 Å². The summed E-state index contributed by atoms with van der Waals surface area (Å²) in [7, 11) is 1.61. The summed E-state index contributed by atoms with van der Waals surface area (Å²) in [6.07, 6.45) is 0. The number of rotatable bonds is 2. The molecule has 0 saturated carbocycles. The van der Waals surface area contributed by atoms with Crippen LogP contribution in [0.3, 0.4) is 0 Å². The zero-order valence-electron chi connectivity index (χ0n) is 15.6. The van der Waals surface area contributed by atoms with Crippen LogP contribution in [-0.2, 0) is 11.3 Å². The number of nitrogens with zero attached hydrogens (tertiary/aromatic N) is 1. The number of carbonyl (C=O) groups excluding carboxylic acids is 2. The molecule has 7 heteroatoms. The number of hydrogen-bond donors (Lipinski definition) is 2. The molecule has 144 valence electrons. The van der Waals surface area contributed by atoms with Crippen LogP contribution in [0.2, 0.25) is 0 Å². The third-order valence-electron chi connectivity index (χ3n) is 5.15. The molecule has 3 amide bonds. The molecule has 0 fully saturated rings. The van der Waals surface area contributed by atoms with Crippen LogP contribution in [-0.4, -0.2) is 30.5 Å². The highest BCUT2D eigenvalue weighted by Crippen LogP contribution is 2.37. The van der Waals surface area contributed by atoms with Crippen LogP contribution < -0.4 is 15.4 Å². The molecule has 0 bridgehead atoms. The lowest BCUT2D eigenvalue weighted by Crippen LogP contribution is -2.45. The molecule has 4 rings (SSSR count). The predicted octanol–water partition coefficient (Wildman–Crippen LogP) is 3.59. The Bertz CT molecular complexity index is 1000. The van der Waals surface area contributed by atoms with Crippen molar-refractivity contribution in [2.75, 3.05) is 13.7 Å². The number of methoxy groups -OCH3 is 1. The van der Waals surface area contributed by atoms with Crippen molar-refractivity contribution < 1.29 is 14.3 Å². The zero-order valence-corrected chi connectivity index (χ0v) is 17.2. The van der Waals surface area contributed by atoms with Crippen LogP contribution in [0.15, 0.2) is 52.5 Å². The van der Waals surface area contributed by atoms with Crippen LogP contribution in [0.4, 0.5) is 4.79 Å². The second kappa shape index (κ2) is 7.31. The Hall–Kier alpha value is -2.80. The number of fused-ring (bicyclic) bond motifs is 2. The number of ether oxygens (including phenoxy) is 1. The monoisotopic (exact) mass is 441 g/mol. The maximum atomic E-state index is 12.5. The first-order valence-corrected chi connectivity index (χ1v) is 9.75. The van der Waals surface area contributed by atoms with Crippen molar-refractivity contribution >= 4 is 33.6 Å². The molecule has 0 spiro atoms. The van der Waals surface area contributed by atoms with E-state index >= 15 is 0 Å². The van der Waals surface area contributed by atoms with E-state index in [0.717, 1.165) is 38.2 Å². The molecule has 2 N–H and O–H groups in total. The molecule has 2 aromatic rings. The maximum absolute atomic E-state index is 12.5. The zero-order chi connectivity index (χ0) is 19.8. The van der Waals surface area contributed by atoms with Crippen LogP contribution in [0, 0.1) is 0 Å². The molecule has 0 radical (unpaired) electrons. The number of carbonyl (C=O) groups is 2. The fraction of sp³-hybridized carbons (Fsp3) is 0.238. The molecule has 1 atom stereocenters. The van der Waals surface area contributed by atoms with Gasteiger partial charge in [0.15, 0.2) is 0 Å². The fourth-order valence-electron chi connectivity index (χ4n) is 3.74. The Balaban J connectivity index is 1.88. The van der Waals surface area contributed by atoms with Gasteiger partial charge in [-0.3, -0.25) is 4.79 Å². The molecule has 6 nitrogen and oxygen atoms in total. The van der Waals surface area contributed by atoms with Gasteiger partial charge in [0.2, 0.25) is 5.91 Å². The van der Waals surface area contributed by atoms with Gasteiger partial charge in [-0.15, -0.1) is 0 Å². The number of urea groups is 1. The first kappa shape index (κ1) is 18.6. The van der Waals surface area contributed by atoms with E-state index in [-0.39, 0.29) is 18.0 Å². The molecule has 2 aliphatic rings. The van der Waals surface area contributed by atoms with Gasteiger partial charge in [0.05, 0.1) is 23.3 Å². The van der Waals surface area contributed by atoms with Crippen molar-refractivity contribution in [2.45, 2.75) is 19.5 Å². The lowest BCUT2D eigenvalue weighted by Gasteiger charge is -2.32. The minimum Gasteiger partial charge on any atom is -0.496 e. The van der Waals surface area contributed by atoms with Crippen LogP contribution in [0.5, 0.6) is 5.75 Å². The van der Waals surface area contributed by atoms with Gasteiger partial charge in [-0.1, -0.05) is 30.3 Å². The Morgan fingerprint density at radius 2 is 2.00 bits per heavy atom. The highest BCUT2D eigenvalue weighted by Gasteiger charge is 2.33. The van der Waals surface area contributed by atoms with Crippen molar-refractivity contribution in [3.63, 3.8) is 0 Å². The van der Waals surface area contributed by atoms with Gasteiger partial charge in [-0.25, -0.2) is 4.79 Å². The molecular formula is C21H20BrN3O3. The number of halogens is 1. The SMILES string of the molecule is COc1ccc(C2NC(=O)NC3=C2CN(C(C)=O)Cc2ccccc23)cc1Br. The lowest BCUT2D eigenvalue weighted by atomic mass is 9.92. The molecule has 28 heavy (non-hydrogen) atoms. The number of hydrogen-bond acceptors (Lipinski definition) is 3. The summed E-state index contributed by atoms with van der Waals surface area (Å²) in [6, 6.07) is 13.0. The summed E-state index contributed by atoms with van der Waals surface area (Å²) >= 11 is 3.52. The predicted molar refractivity (Wildman–Crippen MR) is 110 cm³/mol. The third-order valence-corrected chi connectivity index (χ3v) is 5.77. The van der Waals surface area contributed by atoms with Gasteiger partial charge < -0.3 is 20.3 Å². The average Bonchev–Trinajstić information content (AvgIpc) is 2.84. The van der Waals surface area contributed by atoms with E-state index in [1.54, 1.807) is 18.9 Å². The highest BCUT2D eigenvalue weighted by atomic mass is 79.9. The van der Waals surface area contributed by atoms with Gasteiger partial charge >= 0.3 is 6.03 Å². The number of benzene rings is 2. The molecule has 2 aromatic carbocycles. The fourth-order valence-corrected chi connectivity index (χ4v) is 4.30. The lowest BCUT2D eigenvalue weighted by molar-refractivity contribution is -0.129. The van der Waals surface area contributed by atoms with Crippen LogP contribution in [0.1, 0.15) is 29.7 Å². The summed E-state index contributed by atoms with van der Waals surface area (Å²) in [5, 5.41) is 5.97. The molecule has 0 aromatic heterocycles. The van der Waals surface area contributed by atoms with Crippen LogP contribution >= 0.6 is 15.9 Å². The largest absolute Gasteiger partial charge is 0.496 e. The number of amides is 3. The molecule has 2 heterocycles. The van der Waals surface area contributed by atoms with Gasteiger partial charge in [0, 0.05) is 31.1 Å². The third kappa shape index (κ3) is 3.26. The quantitative estimate of drug-likeness (QED) is 0.747. The normalized spacial score (nSPS) is 18.5. The van der Waals surface area contributed by atoms with E-state index in [1.807, 2.05) is 42.5 Å². The van der Waals surface area contributed by atoms with Crippen molar-refractivity contribution in [1.82, 2.24) is 15.5 Å². The van der Waals surface area contributed by atoms with Gasteiger partial charge in [-0.05, 0) is 39.2 Å². The van der Waals surface area contributed by atoms with Gasteiger partial charge in [-0.2, -0.15) is 0 Å². The second-order valence-electron chi connectivity index (χ2n) is 6.86. The molecule has 0 aliphatic carbocycles. The van der Waals surface area contributed by atoms with Crippen molar-refractivity contribution in [3.05, 3.63) is 69.2 Å². The van der Waals surface area contributed by atoms with Crippen molar-refractivity contribution in [1.29, 1.82) is 0 Å². The van der Waals surface area contributed by atoms with E-state index in [1.165, 1.54) is 0 Å². The van der Waals surface area contributed by atoms with E-state index in [2.05, 4.69) is 26.6 Å². The summed E-state index contributed by atoms with van der Waals surface area (Å²) in [4.78, 5) is 26.5. The first-order chi connectivity index (χ1) is 13.5. The van der Waals surface area contributed by atoms with Crippen molar-refractivity contribution in [2.24, 2.45) is 0 Å². The number of nitrogens with one attached hydrogen (secondary N) is 2. The summed E-state index contributed by atoms with van der Waals surface area (Å²) < 4.78 is 6.12. The standard InChI is InChI=1S/C21H20BrN3O3/c1-12(26)25-10-14-5-3-4-6-15(14)20-16(11-25)19(23-21(27)24-20)13-7-8-18(28-2)17(22)9-13/h3-9,19H,10-11H2,1-2H3,(H2,23,24,27). The maximum Gasteiger partial charge on any atom is 0.320 e. The van der Waals surface area contributed by atoms with E-state index in [9.17, 15) is 9.59 Å². The average molecular weight is 442 g/mol. The molecule has 0 saturated heterocycles. The topological polar surface area (TPSA) is 70.7 Å². The van der Waals surface area contributed by atoms with Crippen molar-refractivity contribution in [3.8, 4) is 5.75 Å². The Labute approximate surface area is 171 Å². The first-order valence-electron chi connectivity index (χ1n) is 8.95. The van der Waals surface area contributed by atoms with Gasteiger partial charge in [0.25, 0.3) is 0 Å². The summed E-state index contributed by atoms with van der Waals surface area (Å²) in [6.45, 7) is 2.51. The van der Waals surface area contributed by atoms with Crippen LogP contribution in [0.25, 0.3) is 5.70 Å². The highest BCUT2D eigenvalue weighted by molar-refractivity contribution is 9.10. The van der Waals surface area contributed by atoms with Gasteiger partial charge in [0.1, 0.15) is 5.75 Å². The molecular weight excluding hydrogens is 422 g/mol. The smallest absolute Gasteiger partial charge is 0.320 e.